The largest absolute Gasteiger partial charge is 0.372 e. The maximum Gasteiger partial charge on any atom is 0.144 e. The van der Waals surface area contributed by atoms with E-state index in [1.165, 1.54) is 0 Å². The highest BCUT2D eigenvalue weighted by atomic mass is 79.9. The molecule has 0 radical (unpaired) electrons. The molecular formula is C8H12BrN3. The number of rotatable bonds is 2. The van der Waals surface area contributed by atoms with Gasteiger partial charge in [-0.15, -0.1) is 0 Å². The number of hydrogen-bond acceptors (Lipinski definition) is 3. The van der Waals surface area contributed by atoms with Crippen LogP contribution in [-0.2, 0) is 6.42 Å². The summed E-state index contributed by atoms with van der Waals surface area (Å²) < 4.78 is 0.946. The zero-order valence-corrected chi connectivity index (χ0v) is 9.07. The first-order valence-corrected chi connectivity index (χ1v) is 4.69. The summed E-state index contributed by atoms with van der Waals surface area (Å²) in [6, 6.07) is 0. The molecule has 0 atom stereocenters. The first-order valence-electron chi connectivity index (χ1n) is 3.89. The monoisotopic (exact) mass is 229 g/mol. The van der Waals surface area contributed by atoms with Gasteiger partial charge in [-0.2, -0.15) is 0 Å². The van der Waals surface area contributed by atoms with Gasteiger partial charge in [0.1, 0.15) is 11.6 Å². The van der Waals surface area contributed by atoms with E-state index >= 15 is 0 Å². The fraction of sp³-hybridized carbons (Fsp3) is 0.500. The second-order valence-corrected chi connectivity index (χ2v) is 3.28. The van der Waals surface area contributed by atoms with Crippen molar-refractivity contribution in [3.05, 3.63) is 16.0 Å². The van der Waals surface area contributed by atoms with Crippen LogP contribution in [-0.4, -0.2) is 17.0 Å². The Morgan fingerprint density at radius 2 is 2.08 bits per heavy atom. The quantitative estimate of drug-likeness (QED) is 0.845. The van der Waals surface area contributed by atoms with Crippen molar-refractivity contribution in [1.82, 2.24) is 9.97 Å². The van der Waals surface area contributed by atoms with Gasteiger partial charge in [0.15, 0.2) is 0 Å². The van der Waals surface area contributed by atoms with E-state index < -0.39 is 0 Å². The molecule has 4 heteroatoms. The number of hydrogen-bond donors (Lipinski definition) is 1. The third kappa shape index (κ3) is 1.75. The van der Waals surface area contributed by atoms with E-state index in [4.69, 9.17) is 0 Å². The van der Waals surface area contributed by atoms with Crippen LogP contribution in [0, 0.1) is 6.92 Å². The molecular weight excluding hydrogens is 218 g/mol. The Kier molecular flexibility index (Phi) is 3.03. The zero-order valence-electron chi connectivity index (χ0n) is 7.48. The van der Waals surface area contributed by atoms with Gasteiger partial charge in [0.05, 0.1) is 10.2 Å². The Bertz CT molecular complexity index is 286. The summed E-state index contributed by atoms with van der Waals surface area (Å²) in [5.74, 6) is 1.74. The van der Waals surface area contributed by atoms with Gasteiger partial charge >= 0.3 is 0 Å². The van der Waals surface area contributed by atoms with Crippen LogP contribution < -0.4 is 5.32 Å². The molecule has 1 heterocycles. The van der Waals surface area contributed by atoms with Crippen LogP contribution in [0.3, 0.4) is 0 Å². The topological polar surface area (TPSA) is 37.8 Å². The molecule has 1 aromatic heterocycles. The lowest BCUT2D eigenvalue weighted by atomic mass is 10.4. The van der Waals surface area contributed by atoms with Crippen molar-refractivity contribution in [3.8, 4) is 0 Å². The smallest absolute Gasteiger partial charge is 0.144 e. The molecule has 66 valence electrons. The summed E-state index contributed by atoms with van der Waals surface area (Å²) >= 11 is 3.42. The first kappa shape index (κ1) is 9.45. The van der Waals surface area contributed by atoms with E-state index in [9.17, 15) is 0 Å². The molecule has 0 saturated heterocycles. The Hall–Kier alpha value is -0.640. The maximum atomic E-state index is 4.30. The van der Waals surface area contributed by atoms with Gasteiger partial charge in [-0.1, -0.05) is 6.92 Å². The van der Waals surface area contributed by atoms with Crippen LogP contribution in [0.1, 0.15) is 18.4 Å². The van der Waals surface area contributed by atoms with E-state index in [1.54, 1.807) is 0 Å². The van der Waals surface area contributed by atoms with Gasteiger partial charge in [0, 0.05) is 13.5 Å². The minimum absolute atomic E-state index is 0.861. The molecule has 0 aliphatic rings. The number of aryl methyl sites for hydroxylation is 2. The lowest BCUT2D eigenvalue weighted by molar-refractivity contribution is 0.913. The highest BCUT2D eigenvalue weighted by Crippen LogP contribution is 2.22. The summed E-state index contributed by atoms with van der Waals surface area (Å²) in [4.78, 5) is 8.60. The third-order valence-electron chi connectivity index (χ3n) is 1.62. The van der Waals surface area contributed by atoms with Gasteiger partial charge in [-0.3, -0.25) is 0 Å². The molecule has 12 heavy (non-hydrogen) atoms. The van der Waals surface area contributed by atoms with Crippen LogP contribution >= 0.6 is 15.9 Å². The second kappa shape index (κ2) is 3.85. The summed E-state index contributed by atoms with van der Waals surface area (Å²) in [7, 11) is 1.85. The summed E-state index contributed by atoms with van der Waals surface area (Å²) in [5, 5.41) is 3.01. The number of halogens is 1. The average molecular weight is 230 g/mol. The van der Waals surface area contributed by atoms with Gasteiger partial charge < -0.3 is 5.32 Å². The molecule has 0 fully saturated rings. The maximum absolute atomic E-state index is 4.30. The number of nitrogens with one attached hydrogen (secondary N) is 1. The summed E-state index contributed by atoms with van der Waals surface area (Å²) in [6.07, 6.45) is 0.864. The minimum Gasteiger partial charge on any atom is -0.372 e. The molecule has 0 amide bonds. The molecule has 0 spiro atoms. The van der Waals surface area contributed by atoms with Gasteiger partial charge in [-0.05, 0) is 22.9 Å². The first-order chi connectivity index (χ1) is 5.69. The Morgan fingerprint density at radius 3 is 2.58 bits per heavy atom. The van der Waals surface area contributed by atoms with Crippen molar-refractivity contribution in [2.24, 2.45) is 0 Å². The molecule has 1 N–H and O–H groups in total. The Balaban J connectivity index is 3.19. The lowest BCUT2D eigenvalue weighted by Crippen LogP contribution is -2.02. The summed E-state index contributed by atoms with van der Waals surface area (Å²) in [6.45, 7) is 4.01. The number of nitrogens with zero attached hydrogens (tertiary/aromatic N) is 2. The normalized spacial score (nSPS) is 10.0. The average Bonchev–Trinajstić information content (AvgIpc) is 2.09. The number of anilines is 1. The molecule has 0 aromatic carbocycles. The van der Waals surface area contributed by atoms with Crippen LogP contribution in [0.5, 0.6) is 0 Å². The molecule has 0 bridgehead atoms. The van der Waals surface area contributed by atoms with Gasteiger partial charge in [0.25, 0.3) is 0 Å². The molecule has 0 saturated carbocycles. The fourth-order valence-corrected chi connectivity index (χ4v) is 1.32. The molecule has 0 aliphatic carbocycles. The van der Waals surface area contributed by atoms with Crippen LogP contribution in [0.2, 0.25) is 0 Å². The highest BCUT2D eigenvalue weighted by molar-refractivity contribution is 9.10. The van der Waals surface area contributed by atoms with Gasteiger partial charge in [-0.25, -0.2) is 9.97 Å². The van der Waals surface area contributed by atoms with Crippen molar-refractivity contribution in [1.29, 1.82) is 0 Å². The minimum atomic E-state index is 0.861. The lowest BCUT2D eigenvalue weighted by Gasteiger charge is -2.06. The molecule has 1 rings (SSSR count). The van der Waals surface area contributed by atoms with Crippen molar-refractivity contribution in [2.75, 3.05) is 12.4 Å². The van der Waals surface area contributed by atoms with Crippen molar-refractivity contribution in [2.45, 2.75) is 20.3 Å². The van der Waals surface area contributed by atoms with Gasteiger partial charge in [0.2, 0.25) is 0 Å². The van der Waals surface area contributed by atoms with E-state index in [2.05, 4.69) is 31.2 Å². The Morgan fingerprint density at radius 1 is 1.42 bits per heavy atom. The van der Waals surface area contributed by atoms with Crippen LogP contribution in [0.15, 0.2) is 4.47 Å². The standard InChI is InChI=1S/C8H12BrN3/c1-4-6-11-5(2)7(9)8(10-3)12-6/h4H2,1-3H3,(H,10,11,12). The molecule has 3 nitrogen and oxygen atoms in total. The second-order valence-electron chi connectivity index (χ2n) is 2.49. The van der Waals surface area contributed by atoms with E-state index in [-0.39, 0.29) is 0 Å². The fourth-order valence-electron chi connectivity index (χ4n) is 0.941. The van der Waals surface area contributed by atoms with Crippen molar-refractivity contribution in [3.63, 3.8) is 0 Å². The van der Waals surface area contributed by atoms with Crippen LogP contribution in [0.4, 0.5) is 5.82 Å². The molecule has 1 aromatic rings. The molecule has 0 unspecified atom stereocenters. The molecule has 0 aliphatic heterocycles. The van der Waals surface area contributed by atoms with E-state index in [0.717, 1.165) is 28.2 Å². The van der Waals surface area contributed by atoms with Crippen molar-refractivity contribution < 1.29 is 0 Å². The Labute approximate surface area is 80.7 Å². The highest BCUT2D eigenvalue weighted by Gasteiger charge is 2.05. The van der Waals surface area contributed by atoms with Crippen LogP contribution in [0.25, 0.3) is 0 Å². The summed E-state index contributed by atoms with van der Waals surface area (Å²) in [5.41, 5.74) is 0.978. The van der Waals surface area contributed by atoms with E-state index in [0.29, 0.717) is 0 Å². The van der Waals surface area contributed by atoms with E-state index in [1.807, 2.05) is 20.9 Å². The number of aromatic nitrogens is 2. The predicted molar refractivity (Wildman–Crippen MR) is 53.4 cm³/mol. The predicted octanol–water partition coefficient (Wildman–Crippen LogP) is 2.15. The van der Waals surface area contributed by atoms with Crippen molar-refractivity contribution >= 4 is 21.7 Å². The third-order valence-corrected chi connectivity index (χ3v) is 2.57. The zero-order chi connectivity index (χ0) is 9.14. The SMILES string of the molecule is CCc1nc(C)c(Br)c(NC)n1.